The third-order valence-electron chi connectivity index (χ3n) is 7.60. The van der Waals surface area contributed by atoms with Crippen molar-refractivity contribution < 1.29 is 19.0 Å². The lowest BCUT2D eigenvalue weighted by Gasteiger charge is -2.38. The molecule has 6 rings (SSSR count). The van der Waals surface area contributed by atoms with Gasteiger partial charge in [0.25, 0.3) is 0 Å². The van der Waals surface area contributed by atoms with E-state index in [0.29, 0.717) is 48.2 Å². The largest absolute Gasteiger partial charge is 0.486 e. The van der Waals surface area contributed by atoms with Crippen LogP contribution in [0.25, 0.3) is 11.3 Å². The number of nitrogens with one attached hydrogen (secondary N) is 1. The zero-order chi connectivity index (χ0) is 27.7. The fraction of sp³-hybridized carbons (Fsp3) is 0.290. The number of nitrogens with zero attached hydrogens (tertiary/aromatic N) is 4. The maximum Gasteiger partial charge on any atom is 0.339 e. The number of para-hydroxylation sites is 2. The van der Waals surface area contributed by atoms with E-state index in [0.717, 1.165) is 23.4 Å². The van der Waals surface area contributed by atoms with E-state index in [1.807, 2.05) is 41.2 Å². The molecule has 9 nitrogen and oxygen atoms in total. The highest BCUT2D eigenvalue weighted by Crippen LogP contribution is 2.49. The maximum absolute atomic E-state index is 12.2. The maximum atomic E-state index is 12.2. The second-order valence-corrected chi connectivity index (χ2v) is 10.1. The van der Waals surface area contributed by atoms with Gasteiger partial charge < -0.3 is 19.5 Å². The fourth-order valence-electron chi connectivity index (χ4n) is 5.56. The molecule has 0 aliphatic carbocycles. The minimum atomic E-state index is -0.376. The summed E-state index contributed by atoms with van der Waals surface area (Å²) in [7, 11) is 0. The number of anilines is 1. The van der Waals surface area contributed by atoms with Gasteiger partial charge in [-0.25, -0.2) is 9.48 Å². The highest BCUT2D eigenvalue weighted by Gasteiger charge is 2.47. The van der Waals surface area contributed by atoms with Crippen molar-refractivity contribution in [3.8, 4) is 17.0 Å². The van der Waals surface area contributed by atoms with Gasteiger partial charge in [0.05, 0.1) is 54.4 Å². The molecule has 2 aliphatic heterocycles. The average molecular weight is 538 g/mol. The zero-order valence-corrected chi connectivity index (χ0v) is 22.6. The molecule has 2 aromatic carbocycles. The number of hydrogen-bond acceptors (Lipinski definition) is 8. The summed E-state index contributed by atoms with van der Waals surface area (Å²) in [4.78, 5) is 16.8. The Bertz CT molecular complexity index is 1580. The molecule has 2 atom stereocenters. The van der Waals surface area contributed by atoms with Crippen LogP contribution in [0, 0.1) is 6.92 Å². The molecule has 0 bridgehead atoms. The van der Waals surface area contributed by atoms with Gasteiger partial charge in [-0.2, -0.15) is 0 Å². The number of ether oxygens (including phenoxy) is 3. The number of aromatic nitrogens is 4. The highest BCUT2D eigenvalue weighted by atomic mass is 16.5. The van der Waals surface area contributed by atoms with E-state index in [2.05, 4.69) is 45.4 Å². The number of hydrogen-bond donors (Lipinski definition) is 1. The number of aryl methyl sites for hydroxylation is 1. The summed E-state index contributed by atoms with van der Waals surface area (Å²) in [6.45, 7) is 9.59. The first-order chi connectivity index (χ1) is 19.5. The topological polar surface area (TPSA) is 100 Å². The quantitative estimate of drug-likeness (QED) is 0.320. The Labute approximate surface area is 232 Å². The van der Waals surface area contributed by atoms with E-state index in [1.54, 1.807) is 26.0 Å². The van der Waals surface area contributed by atoms with Gasteiger partial charge in [0.1, 0.15) is 18.1 Å². The molecule has 4 heterocycles. The van der Waals surface area contributed by atoms with Crippen molar-refractivity contribution in [2.75, 3.05) is 25.1 Å². The Balaban J connectivity index is 1.17. The first-order valence-electron chi connectivity index (χ1n) is 13.4. The second-order valence-electron chi connectivity index (χ2n) is 10.1. The number of benzene rings is 2. The average Bonchev–Trinajstić information content (AvgIpc) is 3.55. The summed E-state index contributed by atoms with van der Waals surface area (Å²) in [6, 6.07) is 19.5. The van der Waals surface area contributed by atoms with Crippen LogP contribution in [0.1, 0.15) is 46.7 Å². The number of rotatable bonds is 7. The molecule has 2 unspecified atom stereocenters. The molecule has 40 heavy (non-hydrogen) atoms. The third-order valence-corrected chi connectivity index (χ3v) is 7.60. The van der Waals surface area contributed by atoms with Crippen LogP contribution in [-0.4, -0.2) is 45.8 Å². The molecule has 1 saturated heterocycles. The predicted octanol–water partition coefficient (Wildman–Crippen LogP) is 5.24. The van der Waals surface area contributed by atoms with Gasteiger partial charge in [-0.3, -0.25) is 4.98 Å². The van der Waals surface area contributed by atoms with Gasteiger partial charge in [0.2, 0.25) is 0 Å². The zero-order valence-electron chi connectivity index (χ0n) is 22.6. The molecule has 0 amide bonds. The molecule has 4 aromatic rings. The monoisotopic (exact) mass is 537 g/mol. The minimum Gasteiger partial charge on any atom is -0.486 e. The Morgan fingerprint density at radius 2 is 2.00 bits per heavy atom. The summed E-state index contributed by atoms with van der Waals surface area (Å²) in [5.41, 5.74) is 6.25. The highest BCUT2D eigenvalue weighted by molar-refractivity contribution is 5.91. The lowest BCUT2D eigenvalue weighted by atomic mass is 9.74. The van der Waals surface area contributed by atoms with Crippen molar-refractivity contribution in [1.29, 1.82) is 0 Å². The molecular formula is C31H31N5O4. The van der Waals surface area contributed by atoms with E-state index in [1.165, 1.54) is 5.56 Å². The molecule has 0 radical (unpaired) electrons. The molecule has 2 aliphatic rings. The summed E-state index contributed by atoms with van der Waals surface area (Å²) in [5, 5.41) is 12.2. The van der Waals surface area contributed by atoms with Crippen molar-refractivity contribution in [3.05, 3.63) is 102 Å². The predicted molar refractivity (Wildman–Crippen MR) is 150 cm³/mol. The molecular weight excluding hydrogens is 506 g/mol. The fourth-order valence-corrected chi connectivity index (χ4v) is 5.56. The van der Waals surface area contributed by atoms with Crippen LogP contribution in [0.15, 0.2) is 79.1 Å². The summed E-state index contributed by atoms with van der Waals surface area (Å²) >= 11 is 0. The van der Waals surface area contributed by atoms with Gasteiger partial charge in [0.15, 0.2) is 0 Å². The smallest absolute Gasteiger partial charge is 0.339 e. The second kappa shape index (κ2) is 10.6. The number of carbonyl (C=O) groups excluding carboxylic acids is 1. The van der Waals surface area contributed by atoms with Crippen LogP contribution >= 0.6 is 0 Å². The number of fused-ring (bicyclic) bond motifs is 2. The Morgan fingerprint density at radius 1 is 1.18 bits per heavy atom. The first kappa shape index (κ1) is 25.8. The molecule has 9 heteroatoms. The summed E-state index contributed by atoms with van der Waals surface area (Å²) in [6.07, 6.45) is 2.73. The Kier molecular flexibility index (Phi) is 6.81. The summed E-state index contributed by atoms with van der Waals surface area (Å²) < 4.78 is 19.3. The molecule has 1 fully saturated rings. The van der Waals surface area contributed by atoms with Crippen molar-refractivity contribution in [2.45, 2.75) is 38.3 Å². The molecule has 204 valence electrons. The van der Waals surface area contributed by atoms with Crippen LogP contribution < -0.4 is 10.1 Å². The Morgan fingerprint density at radius 3 is 2.85 bits per heavy atom. The van der Waals surface area contributed by atoms with E-state index in [9.17, 15) is 4.79 Å². The minimum absolute atomic E-state index is 0.0112. The SMILES string of the molecule is C=C1Nc2ccccc2C12COCC(n1cc(COc3ccccc3-c3ccc(C(=O)OCC)c(C)n3)nn1)C2. The summed E-state index contributed by atoms with van der Waals surface area (Å²) in [5.74, 6) is 0.288. The lowest BCUT2D eigenvalue weighted by Crippen LogP contribution is -2.41. The van der Waals surface area contributed by atoms with Gasteiger partial charge in [-0.05, 0) is 56.2 Å². The first-order valence-corrected chi connectivity index (χ1v) is 13.4. The van der Waals surface area contributed by atoms with Gasteiger partial charge >= 0.3 is 5.97 Å². The van der Waals surface area contributed by atoms with E-state index < -0.39 is 0 Å². The molecule has 2 aromatic heterocycles. The van der Waals surface area contributed by atoms with Crippen molar-refractivity contribution in [1.82, 2.24) is 20.0 Å². The number of carbonyl (C=O) groups is 1. The van der Waals surface area contributed by atoms with Gasteiger partial charge in [-0.1, -0.05) is 42.1 Å². The van der Waals surface area contributed by atoms with Crippen molar-refractivity contribution in [3.63, 3.8) is 0 Å². The van der Waals surface area contributed by atoms with Crippen LogP contribution in [0.3, 0.4) is 0 Å². The van der Waals surface area contributed by atoms with Gasteiger partial charge in [-0.15, -0.1) is 5.10 Å². The van der Waals surface area contributed by atoms with Crippen molar-refractivity contribution in [2.24, 2.45) is 0 Å². The molecule has 0 saturated carbocycles. The van der Waals surface area contributed by atoms with E-state index >= 15 is 0 Å². The van der Waals surface area contributed by atoms with Crippen LogP contribution in [0.4, 0.5) is 5.69 Å². The van der Waals surface area contributed by atoms with Crippen molar-refractivity contribution >= 4 is 11.7 Å². The molecule has 1 spiro atoms. The standard InChI is InChI=1S/C31H31N5O4/c1-4-39-30(37)24-13-14-27(32-20(24)2)25-9-5-8-12-29(25)40-17-22-16-36(35-34-22)23-15-31(19-38-18-23)21(3)33-28-11-7-6-10-26(28)31/h5-14,16,23,33H,3-4,15,17-19H2,1-2H3. The van der Waals surface area contributed by atoms with Crippen LogP contribution in [0.5, 0.6) is 5.75 Å². The number of pyridine rings is 1. The van der Waals surface area contributed by atoms with Gasteiger partial charge in [0, 0.05) is 16.9 Å². The van der Waals surface area contributed by atoms with Crippen LogP contribution in [0.2, 0.25) is 0 Å². The number of esters is 1. The van der Waals surface area contributed by atoms with E-state index in [-0.39, 0.29) is 24.0 Å². The van der Waals surface area contributed by atoms with Crippen LogP contribution in [-0.2, 0) is 21.5 Å². The van der Waals surface area contributed by atoms with E-state index in [4.69, 9.17) is 14.2 Å². The lowest BCUT2D eigenvalue weighted by molar-refractivity contribution is 0.0125. The normalized spacial score (nSPS) is 19.8. The third kappa shape index (κ3) is 4.62. The Hall–Kier alpha value is -4.50. The molecule has 1 N–H and O–H groups in total.